The van der Waals surface area contributed by atoms with Gasteiger partial charge in [-0.3, -0.25) is 4.79 Å². The molecule has 2 aromatic carbocycles. The molecule has 0 aromatic heterocycles. The molecule has 1 aliphatic rings. The monoisotopic (exact) mass is 470 g/mol. The Morgan fingerprint density at radius 3 is 2.40 bits per heavy atom. The number of amides is 1. The van der Waals surface area contributed by atoms with E-state index < -0.39 is 15.9 Å². The second-order valence-electron chi connectivity index (χ2n) is 7.00. The molecule has 2 aromatic rings. The molecule has 0 bridgehead atoms. The number of ether oxygens (including phenoxy) is 1. The van der Waals surface area contributed by atoms with Gasteiger partial charge in [-0.25, -0.2) is 8.42 Å². The lowest BCUT2D eigenvalue weighted by molar-refractivity contribution is 0.0947. The molecule has 1 aliphatic heterocycles. The van der Waals surface area contributed by atoms with Crippen LogP contribution in [0.15, 0.2) is 47.4 Å². The molecule has 0 spiro atoms. The minimum Gasteiger partial charge on any atom is -0.490 e. The first kappa shape index (κ1) is 22.9. The van der Waals surface area contributed by atoms with Crippen LogP contribution in [0.25, 0.3) is 0 Å². The molecular weight excluding hydrogens is 447 g/mol. The molecule has 1 fully saturated rings. The van der Waals surface area contributed by atoms with Crippen molar-refractivity contribution in [3.05, 3.63) is 58.1 Å². The minimum atomic E-state index is -3.76. The van der Waals surface area contributed by atoms with Gasteiger partial charge in [0.1, 0.15) is 17.3 Å². The number of benzene rings is 2. The SMILES string of the molecule is O=C(NCCOc1ccccc1Cl)c1ccc(Cl)c(S(=O)(=O)N2CCCCCC2)c1. The Kier molecular flexibility index (Phi) is 7.99. The number of nitrogens with one attached hydrogen (secondary N) is 1. The van der Waals surface area contributed by atoms with E-state index in [4.69, 9.17) is 27.9 Å². The van der Waals surface area contributed by atoms with Crippen molar-refractivity contribution < 1.29 is 17.9 Å². The van der Waals surface area contributed by atoms with Crippen LogP contribution in [0.1, 0.15) is 36.0 Å². The van der Waals surface area contributed by atoms with Crippen LogP contribution in [0.3, 0.4) is 0 Å². The molecule has 1 N–H and O–H groups in total. The first-order valence-corrected chi connectivity index (χ1v) is 12.0. The first-order valence-electron chi connectivity index (χ1n) is 9.85. The van der Waals surface area contributed by atoms with Crippen LogP contribution in [0.4, 0.5) is 0 Å². The minimum absolute atomic E-state index is 0.0361. The van der Waals surface area contributed by atoms with Crippen LogP contribution < -0.4 is 10.1 Å². The van der Waals surface area contributed by atoms with Crippen molar-refractivity contribution in [3.63, 3.8) is 0 Å². The van der Waals surface area contributed by atoms with Crippen molar-refractivity contribution in [2.45, 2.75) is 30.6 Å². The topological polar surface area (TPSA) is 75.7 Å². The number of hydrogen-bond donors (Lipinski definition) is 1. The van der Waals surface area contributed by atoms with E-state index in [1.165, 1.54) is 22.5 Å². The number of rotatable bonds is 7. The van der Waals surface area contributed by atoms with E-state index in [0.717, 1.165) is 25.7 Å². The van der Waals surface area contributed by atoms with Gasteiger partial charge in [-0.05, 0) is 43.2 Å². The molecule has 0 aliphatic carbocycles. The van der Waals surface area contributed by atoms with Gasteiger partial charge in [0.25, 0.3) is 5.91 Å². The van der Waals surface area contributed by atoms with Crippen molar-refractivity contribution in [2.75, 3.05) is 26.2 Å². The number of nitrogens with zero attached hydrogens (tertiary/aromatic N) is 1. The summed E-state index contributed by atoms with van der Waals surface area (Å²) in [5, 5.41) is 3.32. The molecule has 1 heterocycles. The Bertz CT molecular complexity index is 990. The third-order valence-electron chi connectivity index (χ3n) is 4.86. The highest BCUT2D eigenvalue weighted by Gasteiger charge is 2.28. The summed E-state index contributed by atoms with van der Waals surface area (Å²) >= 11 is 12.2. The summed E-state index contributed by atoms with van der Waals surface area (Å²) in [6, 6.07) is 11.4. The summed E-state index contributed by atoms with van der Waals surface area (Å²) in [6.07, 6.45) is 3.67. The van der Waals surface area contributed by atoms with Gasteiger partial charge in [0.2, 0.25) is 10.0 Å². The lowest BCUT2D eigenvalue weighted by Gasteiger charge is -2.21. The normalized spacial score (nSPS) is 15.4. The van der Waals surface area contributed by atoms with E-state index in [0.29, 0.717) is 23.9 Å². The molecule has 0 saturated carbocycles. The van der Waals surface area contributed by atoms with Gasteiger partial charge in [0, 0.05) is 18.7 Å². The van der Waals surface area contributed by atoms with Gasteiger partial charge < -0.3 is 10.1 Å². The molecule has 9 heteroatoms. The van der Waals surface area contributed by atoms with Gasteiger partial charge in [0.15, 0.2) is 0 Å². The Balaban J connectivity index is 1.65. The quantitative estimate of drug-likeness (QED) is 0.609. The Morgan fingerprint density at radius 1 is 1.00 bits per heavy atom. The second kappa shape index (κ2) is 10.5. The number of sulfonamides is 1. The van der Waals surface area contributed by atoms with Crippen molar-refractivity contribution in [2.24, 2.45) is 0 Å². The number of para-hydroxylation sites is 1. The molecular formula is C21H24Cl2N2O4S. The fourth-order valence-corrected chi connectivity index (χ4v) is 5.46. The van der Waals surface area contributed by atoms with Crippen molar-refractivity contribution in [1.29, 1.82) is 0 Å². The predicted molar refractivity (Wildman–Crippen MR) is 118 cm³/mol. The second-order valence-corrected chi connectivity index (χ2v) is 9.72. The molecule has 1 amide bonds. The van der Waals surface area contributed by atoms with Gasteiger partial charge in [-0.1, -0.05) is 48.2 Å². The molecule has 3 rings (SSSR count). The van der Waals surface area contributed by atoms with Crippen LogP contribution in [0.2, 0.25) is 10.0 Å². The van der Waals surface area contributed by atoms with E-state index in [1.807, 2.05) is 0 Å². The molecule has 0 radical (unpaired) electrons. The fourth-order valence-electron chi connectivity index (χ4n) is 3.25. The third kappa shape index (κ3) is 5.66. The van der Waals surface area contributed by atoms with E-state index >= 15 is 0 Å². The zero-order chi connectivity index (χ0) is 21.6. The van der Waals surface area contributed by atoms with E-state index in [9.17, 15) is 13.2 Å². The van der Waals surface area contributed by atoms with Gasteiger partial charge in [0.05, 0.1) is 16.6 Å². The average Bonchev–Trinajstić information content (AvgIpc) is 3.02. The number of carbonyl (C=O) groups is 1. The van der Waals surface area contributed by atoms with Gasteiger partial charge in [-0.15, -0.1) is 0 Å². The van der Waals surface area contributed by atoms with Gasteiger partial charge in [-0.2, -0.15) is 4.31 Å². The summed E-state index contributed by atoms with van der Waals surface area (Å²) in [6.45, 7) is 1.39. The number of carbonyl (C=O) groups excluding carboxylic acids is 1. The van der Waals surface area contributed by atoms with Crippen molar-refractivity contribution >= 4 is 39.1 Å². The molecule has 30 heavy (non-hydrogen) atoms. The fraction of sp³-hybridized carbons (Fsp3) is 0.381. The number of hydrogen-bond acceptors (Lipinski definition) is 4. The summed E-state index contributed by atoms with van der Waals surface area (Å²) in [7, 11) is -3.76. The smallest absolute Gasteiger partial charge is 0.251 e. The maximum atomic E-state index is 13.1. The zero-order valence-corrected chi connectivity index (χ0v) is 18.8. The summed E-state index contributed by atoms with van der Waals surface area (Å²) < 4.78 is 33.1. The largest absolute Gasteiger partial charge is 0.490 e. The number of halogens is 2. The third-order valence-corrected chi connectivity index (χ3v) is 7.55. The maximum absolute atomic E-state index is 13.1. The zero-order valence-electron chi connectivity index (χ0n) is 16.4. The Morgan fingerprint density at radius 2 is 1.70 bits per heavy atom. The molecule has 6 nitrogen and oxygen atoms in total. The molecule has 162 valence electrons. The van der Waals surface area contributed by atoms with Crippen LogP contribution >= 0.6 is 23.2 Å². The van der Waals surface area contributed by atoms with Crippen molar-refractivity contribution in [3.8, 4) is 5.75 Å². The average molecular weight is 471 g/mol. The Hall–Kier alpha value is -1.80. The van der Waals surface area contributed by atoms with Gasteiger partial charge >= 0.3 is 0 Å². The van der Waals surface area contributed by atoms with E-state index in [1.54, 1.807) is 24.3 Å². The molecule has 0 unspecified atom stereocenters. The summed E-state index contributed by atoms with van der Waals surface area (Å²) in [5.41, 5.74) is 0.227. The molecule has 0 atom stereocenters. The standard InChI is InChI=1S/C21H24Cl2N2O4S/c22-17-7-3-4-8-19(17)29-14-11-24-21(26)16-9-10-18(23)20(15-16)30(27,28)25-12-5-1-2-6-13-25/h3-4,7-10,15H,1-2,5-6,11-14H2,(H,24,26). The Labute approximate surface area is 187 Å². The highest BCUT2D eigenvalue weighted by atomic mass is 35.5. The van der Waals surface area contributed by atoms with E-state index in [-0.39, 0.29) is 28.6 Å². The predicted octanol–water partition coefficient (Wildman–Crippen LogP) is 4.37. The van der Waals surface area contributed by atoms with E-state index in [2.05, 4.69) is 5.32 Å². The van der Waals surface area contributed by atoms with Crippen LogP contribution in [-0.2, 0) is 10.0 Å². The maximum Gasteiger partial charge on any atom is 0.251 e. The highest BCUT2D eigenvalue weighted by Crippen LogP contribution is 2.28. The summed E-state index contributed by atoms with van der Waals surface area (Å²) in [5.74, 6) is 0.132. The summed E-state index contributed by atoms with van der Waals surface area (Å²) in [4.78, 5) is 12.5. The van der Waals surface area contributed by atoms with Crippen molar-refractivity contribution in [1.82, 2.24) is 9.62 Å². The van der Waals surface area contributed by atoms with Crippen LogP contribution in [0.5, 0.6) is 5.75 Å². The first-order chi connectivity index (χ1) is 14.4. The molecule has 1 saturated heterocycles. The lowest BCUT2D eigenvalue weighted by Crippen LogP contribution is -2.32. The van der Waals surface area contributed by atoms with Crippen LogP contribution in [-0.4, -0.2) is 44.9 Å². The lowest BCUT2D eigenvalue weighted by atomic mass is 10.2. The highest BCUT2D eigenvalue weighted by molar-refractivity contribution is 7.89. The van der Waals surface area contributed by atoms with Crippen LogP contribution in [0, 0.1) is 0 Å².